The number of carbonyl (C=O) groups is 1. The van der Waals surface area contributed by atoms with Crippen molar-refractivity contribution in [1.82, 2.24) is 0 Å². The van der Waals surface area contributed by atoms with E-state index in [4.69, 9.17) is 10.3 Å². The summed E-state index contributed by atoms with van der Waals surface area (Å²) in [6.07, 6.45) is 0. The van der Waals surface area contributed by atoms with Gasteiger partial charge in [-0.1, -0.05) is 0 Å². The van der Waals surface area contributed by atoms with Gasteiger partial charge < -0.3 is 10.5 Å². The molecule has 0 aliphatic carbocycles. The lowest BCUT2D eigenvalue weighted by atomic mass is 10.7. The highest BCUT2D eigenvalue weighted by molar-refractivity contribution is 7.86. The van der Waals surface area contributed by atoms with Gasteiger partial charge >= 0.3 is 5.97 Å². The Morgan fingerprint density at radius 3 is 2.45 bits per heavy atom. The second kappa shape index (κ2) is 3.65. The van der Waals surface area contributed by atoms with Crippen molar-refractivity contribution in [2.45, 2.75) is 12.3 Å². The Balaban J connectivity index is 3.90. The highest BCUT2D eigenvalue weighted by Gasteiger charge is 2.18. The maximum Gasteiger partial charge on any atom is 0.302 e. The highest BCUT2D eigenvalue weighted by Crippen LogP contribution is 1.91. The number of hydrogen-bond donors (Lipinski definition) is 2. The third kappa shape index (κ3) is 4.71. The lowest BCUT2D eigenvalue weighted by Crippen LogP contribution is -2.35. The normalized spacial score (nSPS) is 14.1. The van der Waals surface area contributed by atoms with Gasteiger partial charge in [0.05, 0.1) is 0 Å². The first-order valence-corrected chi connectivity index (χ1v) is 4.19. The van der Waals surface area contributed by atoms with E-state index in [1.165, 1.54) is 0 Å². The Kier molecular flexibility index (Phi) is 3.43. The third-order valence-electron chi connectivity index (χ3n) is 0.833. The molecule has 0 rings (SSSR count). The molecule has 1 atom stereocenters. The molecule has 7 heteroatoms. The van der Waals surface area contributed by atoms with E-state index in [2.05, 4.69) is 4.74 Å². The average Bonchev–Trinajstić information content (AvgIpc) is 1.80. The predicted molar refractivity (Wildman–Crippen MR) is 36.2 cm³/mol. The molecule has 0 aromatic carbocycles. The van der Waals surface area contributed by atoms with Crippen LogP contribution in [0.25, 0.3) is 0 Å². The number of esters is 1. The van der Waals surface area contributed by atoms with Crippen molar-refractivity contribution in [3.63, 3.8) is 0 Å². The van der Waals surface area contributed by atoms with Crippen molar-refractivity contribution in [2.24, 2.45) is 5.73 Å². The quantitative estimate of drug-likeness (QED) is 0.417. The van der Waals surface area contributed by atoms with Crippen molar-refractivity contribution < 1.29 is 22.5 Å². The van der Waals surface area contributed by atoms with Crippen molar-refractivity contribution in [1.29, 1.82) is 0 Å². The zero-order valence-corrected chi connectivity index (χ0v) is 6.67. The summed E-state index contributed by atoms with van der Waals surface area (Å²) in [5.41, 5.74) is 4.88. The first-order chi connectivity index (χ1) is 4.84. The van der Waals surface area contributed by atoms with Gasteiger partial charge in [0.1, 0.15) is 6.61 Å². The number of nitrogens with two attached hydrogens (primary N) is 1. The lowest BCUT2D eigenvalue weighted by Gasteiger charge is -2.06. The Labute approximate surface area is 64.1 Å². The predicted octanol–water partition coefficient (Wildman–Crippen LogP) is -1.28. The van der Waals surface area contributed by atoms with Gasteiger partial charge in [-0.3, -0.25) is 9.35 Å². The van der Waals surface area contributed by atoms with Crippen LogP contribution in [0.5, 0.6) is 0 Å². The van der Waals surface area contributed by atoms with Crippen molar-refractivity contribution >= 4 is 16.1 Å². The number of ether oxygens (including phenoxy) is 1. The topological polar surface area (TPSA) is 107 Å². The maximum atomic E-state index is 10.2. The number of carbonyl (C=O) groups excluding carboxylic acids is 1. The second-order valence-electron chi connectivity index (χ2n) is 1.86. The third-order valence-corrected chi connectivity index (χ3v) is 1.73. The van der Waals surface area contributed by atoms with E-state index >= 15 is 0 Å². The summed E-state index contributed by atoms with van der Waals surface area (Å²) in [7, 11) is -4.30. The first-order valence-electron chi connectivity index (χ1n) is 2.69. The van der Waals surface area contributed by atoms with Gasteiger partial charge in [-0.2, -0.15) is 8.42 Å². The minimum Gasteiger partial charge on any atom is -0.463 e. The Morgan fingerprint density at radius 2 is 2.18 bits per heavy atom. The van der Waals surface area contributed by atoms with Gasteiger partial charge in [0, 0.05) is 6.92 Å². The van der Waals surface area contributed by atoms with Crippen LogP contribution in [0.1, 0.15) is 6.92 Å². The van der Waals surface area contributed by atoms with Gasteiger partial charge in [0.15, 0.2) is 5.37 Å². The first kappa shape index (κ1) is 10.3. The van der Waals surface area contributed by atoms with Gasteiger partial charge in [-0.15, -0.1) is 0 Å². The Hall–Kier alpha value is -0.660. The number of hydrogen-bond acceptors (Lipinski definition) is 5. The fraction of sp³-hybridized carbons (Fsp3) is 0.750. The average molecular weight is 183 g/mol. The van der Waals surface area contributed by atoms with Crippen LogP contribution >= 0.6 is 0 Å². The molecule has 0 aliphatic rings. The number of rotatable bonds is 3. The fourth-order valence-corrected chi connectivity index (χ4v) is 0.525. The summed E-state index contributed by atoms with van der Waals surface area (Å²) in [6, 6.07) is 0. The molecular weight excluding hydrogens is 174 g/mol. The molecule has 0 spiro atoms. The molecule has 11 heavy (non-hydrogen) atoms. The molecule has 0 saturated heterocycles. The molecule has 0 fully saturated rings. The van der Waals surface area contributed by atoms with Crippen molar-refractivity contribution in [3.8, 4) is 0 Å². The standard InChI is InChI=1S/C4H9NO5S/c1-3(6)10-2-4(5)11(7,8)9/h4H,2,5H2,1H3,(H,7,8,9). The smallest absolute Gasteiger partial charge is 0.302 e. The molecule has 6 nitrogen and oxygen atoms in total. The Morgan fingerprint density at radius 1 is 1.73 bits per heavy atom. The zero-order valence-electron chi connectivity index (χ0n) is 5.85. The summed E-state index contributed by atoms with van der Waals surface area (Å²) in [6.45, 7) is 0.574. The monoisotopic (exact) mass is 183 g/mol. The Bertz CT molecular complexity index is 233. The molecule has 0 aromatic heterocycles. The van der Waals surface area contributed by atoms with Crippen LogP contribution in [0.2, 0.25) is 0 Å². The van der Waals surface area contributed by atoms with Crippen LogP contribution in [-0.2, 0) is 19.6 Å². The zero-order chi connectivity index (χ0) is 9.07. The van der Waals surface area contributed by atoms with Crippen LogP contribution in [-0.4, -0.2) is 30.9 Å². The molecule has 0 saturated carbocycles. The summed E-state index contributed by atoms with van der Waals surface area (Å²) < 4.78 is 32.8. The molecule has 0 radical (unpaired) electrons. The molecule has 0 bridgehead atoms. The largest absolute Gasteiger partial charge is 0.463 e. The van der Waals surface area contributed by atoms with Gasteiger partial charge in [-0.25, -0.2) is 0 Å². The summed E-state index contributed by atoms with van der Waals surface area (Å²) in [5.74, 6) is -0.649. The van der Waals surface area contributed by atoms with Gasteiger partial charge in [0.25, 0.3) is 10.1 Å². The van der Waals surface area contributed by atoms with E-state index in [1.54, 1.807) is 0 Å². The SMILES string of the molecule is CC(=O)OCC(N)S(=O)(=O)O. The van der Waals surface area contributed by atoms with E-state index in [0.717, 1.165) is 6.92 Å². The lowest BCUT2D eigenvalue weighted by molar-refractivity contribution is -0.140. The van der Waals surface area contributed by atoms with Crippen LogP contribution in [0, 0.1) is 0 Å². The van der Waals surface area contributed by atoms with Gasteiger partial charge in [-0.05, 0) is 0 Å². The van der Waals surface area contributed by atoms with Crippen LogP contribution in [0.4, 0.5) is 0 Å². The summed E-state index contributed by atoms with van der Waals surface area (Å²) in [4.78, 5) is 10.1. The van der Waals surface area contributed by atoms with Crippen LogP contribution in [0.15, 0.2) is 0 Å². The fourth-order valence-electron chi connectivity index (χ4n) is 0.285. The molecule has 0 heterocycles. The molecule has 3 N–H and O–H groups in total. The summed E-state index contributed by atoms with van der Waals surface area (Å²) >= 11 is 0. The highest BCUT2D eigenvalue weighted by atomic mass is 32.2. The molecule has 0 aliphatic heterocycles. The minimum atomic E-state index is -4.30. The molecule has 66 valence electrons. The molecular formula is C4H9NO5S. The molecule has 0 amide bonds. The second-order valence-corrected chi connectivity index (χ2v) is 3.49. The molecule has 1 unspecified atom stereocenters. The van der Waals surface area contributed by atoms with E-state index < -0.39 is 28.1 Å². The minimum absolute atomic E-state index is 0.534. The van der Waals surface area contributed by atoms with E-state index in [0.29, 0.717) is 0 Å². The van der Waals surface area contributed by atoms with Gasteiger partial charge in [0.2, 0.25) is 0 Å². The maximum absolute atomic E-state index is 10.2. The summed E-state index contributed by atoms with van der Waals surface area (Å²) in [5, 5.41) is -1.56. The van der Waals surface area contributed by atoms with E-state index in [1.807, 2.05) is 0 Å². The van der Waals surface area contributed by atoms with Crippen LogP contribution < -0.4 is 5.73 Å². The molecule has 0 aromatic rings. The van der Waals surface area contributed by atoms with Crippen molar-refractivity contribution in [2.75, 3.05) is 6.61 Å². The van der Waals surface area contributed by atoms with E-state index in [9.17, 15) is 13.2 Å². The van der Waals surface area contributed by atoms with Crippen LogP contribution in [0.3, 0.4) is 0 Å². The van der Waals surface area contributed by atoms with E-state index in [-0.39, 0.29) is 0 Å². The van der Waals surface area contributed by atoms with Crippen molar-refractivity contribution in [3.05, 3.63) is 0 Å².